The molecule has 37 heavy (non-hydrogen) atoms. The monoisotopic (exact) mass is 620 g/mol. The van der Waals surface area contributed by atoms with Crippen molar-refractivity contribution in [3.05, 3.63) is 105 Å². The zero-order valence-corrected chi connectivity index (χ0v) is 22.9. The normalized spacial score (nSPS) is 20.7. The van der Waals surface area contributed by atoms with Crippen LogP contribution >= 0.6 is 22.6 Å². The maximum Gasteiger partial charge on any atom is 0.391 e. The molecule has 1 fully saturated rings. The van der Waals surface area contributed by atoms with Crippen LogP contribution in [0.1, 0.15) is 59.7 Å². The lowest BCUT2D eigenvalue weighted by Crippen LogP contribution is -2.41. The van der Waals surface area contributed by atoms with Crippen LogP contribution in [0, 0.1) is 11.8 Å². The summed E-state index contributed by atoms with van der Waals surface area (Å²) in [5, 5.41) is 0. The lowest BCUT2D eigenvalue weighted by atomic mass is 9.81. The van der Waals surface area contributed by atoms with Crippen molar-refractivity contribution in [3.63, 3.8) is 0 Å². The summed E-state index contributed by atoms with van der Waals surface area (Å²) in [5.74, 6) is -0.894. The van der Waals surface area contributed by atoms with Gasteiger partial charge in [-0.2, -0.15) is 13.2 Å². The van der Waals surface area contributed by atoms with E-state index in [-0.39, 0.29) is 30.4 Å². The molecule has 0 spiro atoms. The number of fused-ring (bicyclic) bond motifs is 1. The zero-order valence-electron chi connectivity index (χ0n) is 20.8. The minimum Gasteiger partial charge on any atom is -0.300 e. The predicted molar refractivity (Wildman–Crippen MR) is 149 cm³/mol. The molecule has 2 aromatic carbocycles. The summed E-state index contributed by atoms with van der Waals surface area (Å²) in [6.45, 7) is 2.17. The minimum absolute atomic E-state index is 0.0485. The highest BCUT2D eigenvalue weighted by Crippen LogP contribution is 2.40. The second kappa shape index (κ2) is 11.3. The number of nitrogens with zero attached hydrogens (tertiary/aromatic N) is 2. The summed E-state index contributed by atoms with van der Waals surface area (Å²) >= 11 is 2.34. The highest BCUT2D eigenvalue weighted by Gasteiger charge is 2.41. The van der Waals surface area contributed by atoms with Crippen LogP contribution in [0.2, 0.25) is 0 Å². The molecule has 0 amide bonds. The Morgan fingerprint density at radius 2 is 1.51 bits per heavy atom. The molecule has 3 aromatic rings. The van der Waals surface area contributed by atoms with E-state index in [0.717, 1.165) is 51.9 Å². The number of halogens is 4. The molecule has 2 heterocycles. The Kier molecular flexibility index (Phi) is 8.10. The number of aromatic nitrogens is 1. The van der Waals surface area contributed by atoms with Gasteiger partial charge >= 0.3 is 6.18 Å². The lowest BCUT2D eigenvalue weighted by Gasteiger charge is -2.36. The first-order chi connectivity index (χ1) is 17.8. The first-order valence-electron chi connectivity index (χ1n) is 13.1. The Labute approximate surface area is 229 Å². The molecule has 0 radical (unpaired) electrons. The van der Waals surface area contributed by atoms with Gasteiger partial charge in [0, 0.05) is 35.3 Å². The second-order valence-electron chi connectivity index (χ2n) is 10.4. The van der Waals surface area contributed by atoms with Gasteiger partial charge < -0.3 is 0 Å². The molecule has 0 saturated heterocycles. The summed E-state index contributed by atoms with van der Waals surface area (Å²) in [7, 11) is 0. The van der Waals surface area contributed by atoms with E-state index < -0.39 is 12.1 Å². The van der Waals surface area contributed by atoms with E-state index in [4.69, 9.17) is 0 Å². The van der Waals surface area contributed by atoms with Crippen molar-refractivity contribution >= 4 is 22.6 Å². The van der Waals surface area contributed by atoms with Crippen molar-refractivity contribution < 1.29 is 13.2 Å². The topological polar surface area (TPSA) is 25.2 Å². The van der Waals surface area contributed by atoms with Crippen LogP contribution < -0.4 is 5.56 Å². The molecule has 0 unspecified atom stereocenters. The van der Waals surface area contributed by atoms with Crippen molar-refractivity contribution in [2.75, 3.05) is 13.1 Å². The molecular weight excluding hydrogens is 588 g/mol. The van der Waals surface area contributed by atoms with E-state index in [0.29, 0.717) is 19.4 Å². The van der Waals surface area contributed by atoms with E-state index >= 15 is 0 Å². The van der Waals surface area contributed by atoms with Gasteiger partial charge in [-0.15, -0.1) is 0 Å². The van der Waals surface area contributed by atoms with Crippen LogP contribution in [0.4, 0.5) is 13.2 Å². The summed E-state index contributed by atoms with van der Waals surface area (Å²) < 4.78 is 42.0. The third kappa shape index (κ3) is 5.82. The predicted octanol–water partition coefficient (Wildman–Crippen LogP) is 7.15. The Hall–Kier alpha value is -2.13. The average molecular weight is 620 g/mol. The Morgan fingerprint density at radius 3 is 2.05 bits per heavy atom. The summed E-state index contributed by atoms with van der Waals surface area (Å²) in [6.07, 6.45) is -1.62. The van der Waals surface area contributed by atoms with E-state index in [9.17, 15) is 18.0 Å². The van der Waals surface area contributed by atoms with Crippen LogP contribution in [0.3, 0.4) is 0 Å². The number of pyridine rings is 1. The number of hydrogen-bond donors (Lipinski definition) is 0. The molecule has 7 heteroatoms. The fraction of sp³-hybridized carbons (Fsp3) is 0.433. The first-order valence-corrected chi connectivity index (χ1v) is 14.6. The van der Waals surface area contributed by atoms with Gasteiger partial charge in [0.05, 0.1) is 12.0 Å². The van der Waals surface area contributed by atoms with Crippen LogP contribution in [-0.4, -0.2) is 28.7 Å². The Balaban J connectivity index is 1.44. The van der Waals surface area contributed by atoms with Crippen molar-refractivity contribution in [1.82, 2.24) is 9.47 Å². The lowest BCUT2D eigenvalue weighted by molar-refractivity contribution is -0.184. The zero-order chi connectivity index (χ0) is 26.0. The number of alkyl halides is 4. The summed E-state index contributed by atoms with van der Waals surface area (Å²) in [5.41, 5.74) is 5.14. The molecule has 2 aliphatic rings. The summed E-state index contributed by atoms with van der Waals surface area (Å²) in [4.78, 5) is 16.5. The smallest absolute Gasteiger partial charge is 0.300 e. The molecule has 3 nitrogen and oxygen atoms in total. The Bertz CT molecular complexity index is 1210. The van der Waals surface area contributed by atoms with Crippen molar-refractivity contribution in [3.8, 4) is 0 Å². The Morgan fingerprint density at radius 1 is 0.919 bits per heavy atom. The van der Waals surface area contributed by atoms with Gasteiger partial charge in [-0.25, -0.2) is 0 Å². The van der Waals surface area contributed by atoms with Crippen molar-refractivity contribution in [1.29, 1.82) is 0 Å². The molecule has 0 N–H and O–H groups in total. The van der Waals surface area contributed by atoms with Crippen molar-refractivity contribution in [2.45, 2.75) is 55.3 Å². The van der Waals surface area contributed by atoms with E-state index in [1.165, 1.54) is 0 Å². The largest absolute Gasteiger partial charge is 0.391 e. The molecule has 0 bridgehead atoms. The van der Waals surface area contributed by atoms with E-state index in [2.05, 4.69) is 57.8 Å². The molecular formula is C30H32F3IN2O. The maximum absolute atomic E-state index is 14.2. The van der Waals surface area contributed by atoms with Gasteiger partial charge in [-0.1, -0.05) is 83.3 Å². The molecule has 0 atom stereocenters. The standard InChI is InChI=1S/C30H32F3IN2O/c31-30(32,33)25-13-11-21(12-14-25)19-35-16-15-24-17-26(18-34)36(29(37)27(24)20-35)28(22-7-3-1-4-8-22)23-9-5-2-6-10-23/h1-10,17,21,25,28H,11-16,18-20H2. The quantitative estimate of drug-likeness (QED) is 0.216. The van der Waals surface area contributed by atoms with Crippen LogP contribution in [0.5, 0.6) is 0 Å². The van der Waals surface area contributed by atoms with Gasteiger partial charge in [0.1, 0.15) is 0 Å². The fourth-order valence-corrected chi connectivity index (χ4v) is 6.67. The second-order valence-corrected chi connectivity index (χ2v) is 11.2. The van der Waals surface area contributed by atoms with Crippen LogP contribution in [-0.2, 0) is 17.4 Å². The van der Waals surface area contributed by atoms with Crippen LogP contribution in [0.15, 0.2) is 71.5 Å². The highest BCUT2D eigenvalue weighted by molar-refractivity contribution is 14.1. The highest BCUT2D eigenvalue weighted by atomic mass is 127. The van der Waals surface area contributed by atoms with Crippen LogP contribution in [0.25, 0.3) is 0 Å². The maximum atomic E-state index is 14.2. The molecule has 1 aliphatic heterocycles. The average Bonchev–Trinajstić information content (AvgIpc) is 2.91. The van der Waals surface area contributed by atoms with Gasteiger partial charge in [0.25, 0.3) is 5.56 Å². The molecule has 5 rings (SSSR count). The van der Waals surface area contributed by atoms with Gasteiger partial charge in [0.15, 0.2) is 0 Å². The molecule has 1 aliphatic carbocycles. The first kappa shape index (κ1) is 26.5. The van der Waals surface area contributed by atoms with E-state index in [1.54, 1.807) is 0 Å². The minimum atomic E-state index is -4.08. The van der Waals surface area contributed by atoms with Gasteiger partial charge in [-0.05, 0) is 60.8 Å². The fourth-order valence-electron chi connectivity index (χ4n) is 6.09. The van der Waals surface area contributed by atoms with Gasteiger partial charge in [-0.3, -0.25) is 14.3 Å². The molecule has 1 saturated carbocycles. The molecule has 1 aromatic heterocycles. The number of benzene rings is 2. The van der Waals surface area contributed by atoms with Gasteiger partial charge in [0.2, 0.25) is 0 Å². The van der Waals surface area contributed by atoms with Crippen molar-refractivity contribution in [2.24, 2.45) is 11.8 Å². The number of hydrogen-bond acceptors (Lipinski definition) is 2. The summed E-state index contributed by atoms with van der Waals surface area (Å²) in [6, 6.07) is 22.3. The molecule has 196 valence electrons. The van der Waals surface area contributed by atoms with E-state index in [1.807, 2.05) is 41.0 Å². The third-order valence-corrected chi connectivity index (χ3v) is 8.83. The number of rotatable bonds is 6. The SMILES string of the molecule is O=c1c2c(cc(CI)n1C(c1ccccc1)c1ccccc1)CCN(CC1CCC(C(F)(F)F)CC1)C2. The third-order valence-electron chi connectivity index (χ3n) is 8.05.